The molecule has 4 rings (SSSR count). The first kappa shape index (κ1) is 22.3. The summed E-state index contributed by atoms with van der Waals surface area (Å²) in [6, 6.07) is 18.4. The highest BCUT2D eigenvalue weighted by molar-refractivity contribution is 8.01. The van der Waals surface area contributed by atoms with Crippen LogP contribution < -0.4 is 10.6 Å². The molecule has 0 atom stereocenters. The number of nitrogens with one attached hydrogen (secondary N) is 2. The van der Waals surface area contributed by atoms with Crippen molar-refractivity contribution in [3.63, 3.8) is 0 Å². The van der Waals surface area contributed by atoms with Crippen molar-refractivity contribution in [1.29, 1.82) is 0 Å². The number of carbonyl (C=O) groups excluding carboxylic acids is 2. The van der Waals surface area contributed by atoms with Gasteiger partial charge in [0.05, 0.1) is 26.6 Å². The molecule has 1 aromatic heterocycles. The zero-order chi connectivity index (χ0) is 22.7. The largest absolute Gasteiger partial charge is 0.325 e. The number of thioether (sulfide) groups is 1. The minimum absolute atomic E-state index is 0.0700. The van der Waals surface area contributed by atoms with E-state index in [1.165, 1.54) is 23.1 Å². The highest BCUT2D eigenvalue weighted by atomic mass is 35.5. The third-order valence-electron chi connectivity index (χ3n) is 4.82. The van der Waals surface area contributed by atoms with E-state index in [9.17, 15) is 9.59 Å². The SMILES string of the molecule is Cc1cccc(C)c1NC(=O)CSc1nc2ccc(NC(=O)c3ccccc3Cl)cc2s1. The Morgan fingerprint density at radius 2 is 1.75 bits per heavy atom. The van der Waals surface area contributed by atoms with Crippen LogP contribution in [0.5, 0.6) is 0 Å². The van der Waals surface area contributed by atoms with E-state index in [2.05, 4.69) is 15.6 Å². The lowest BCUT2D eigenvalue weighted by molar-refractivity contribution is -0.113. The molecule has 0 aliphatic rings. The minimum atomic E-state index is -0.266. The monoisotopic (exact) mass is 481 g/mol. The molecule has 0 unspecified atom stereocenters. The lowest BCUT2D eigenvalue weighted by Gasteiger charge is -2.10. The molecule has 8 heteroatoms. The van der Waals surface area contributed by atoms with Gasteiger partial charge >= 0.3 is 0 Å². The van der Waals surface area contributed by atoms with Crippen molar-refractivity contribution < 1.29 is 9.59 Å². The number of hydrogen-bond acceptors (Lipinski definition) is 5. The van der Waals surface area contributed by atoms with Gasteiger partial charge in [-0.1, -0.05) is 53.7 Å². The normalized spacial score (nSPS) is 10.8. The zero-order valence-corrected chi connectivity index (χ0v) is 19.8. The number of hydrogen-bond donors (Lipinski definition) is 2. The molecule has 4 aromatic rings. The molecule has 5 nitrogen and oxygen atoms in total. The van der Waals surface area contributed by atoms with Gasteiger partial charge in [0.1, 0.15) is 0 Å². The van der Waals surface area contributed by atoms with Gasteiger partial charge in [-0.05, 0) is 55.3 Å². The number of amides is 2. The van der Waals surface area contributed by atoms with E-state index in [0.717, 1.165) is 31.4 Å². The maximum Gasteiger partial charge on any atom is 0.257 e. The Morgan fingerprint density at radius 1 is 1.00 bits per heavy atom. The van der Waals surface area contributed by atoms with Crippen LogP contribution in [0, 0.1) is 13.8 Å². The van der Waals surface area contributed by atoms with Gasteiger partial charge in [0.2, 0.25) is 5.91 Å². The summed E-state index contributed by atoms with van der Waals surface area (Å²) in [5.74, 6) is -0.0689. The Morgan fingerprint density at radius 3 is 2.50 bits per heavy atom. The van der Waals surface area contributed by atoms with Gasteiger partial charge in [-0.3, -0.25) is 9.59 Å². The van der Waals surface area contributed by atoms with Gasteiger partial charge < -0.3 is 10.6 Å². The topological polar surface area (TPSA) is 71.1 Å². The van der Waals surface area contributed by atoms with E-state index >= 15 is 0 Å². The Kier molecular flexibility index (Phi) is 6.79. The fourth-order valence-electron chi connectivity index (χ4n) is 3.20. The predicted molar refractivity (Wildman–Crippen MR) is 134 cm³/mol. The molecule has 2 amide bonds. The van der Waals surface area contributed by atoms with Crippen molar-refractivity contribution in [3.05, 3.63) is 82.4 Å². The fraction of sp³-hybridized carbons (Fsp3) is 0.125. The van der Waals surface area contributed by atoms with Crippen molar-refractivity contribution >= 4 is 68.1 Å². The molecule has 0 bridgehead atoms. The number of halogens is 1. The van der Waals surface area contributed by atoms with Crippen LogP contribution in [-0.4, -0.2) is 22.6 Å². The summed E-state index contributed by atoms with van der Waals surface area (Å²) in [4.78, 5) is 29.5. The van der Waals surface area contributed by atoms with E-state index in [4.69, 9.17) is 11.6 Å². The van der Waals surface area contributed by atoms with E-state index < -0.39 is 0 Å². The molecule has 0 radical (unpaired) electrons. The molecule has 0 saturated heterocycles. The summed E-state index contributed by atoms with van der Waals surface area (Å²) in [6.45, 7) is 3.96. The highest BCUT2D eigenvalue weighted by Crippen LogP contribution is 2.32. The number of fused-ring (bicyclic) bond motifs is 1. The van der Waals surface area contributed by atoms with Crippen LogP contribution in [0.4, 0.5) is 11.4 Å². The van der Waals surface area contributed by atoms with E-state index in [-0.39, 0.29) is 17.6 Å². The second-order valence-corrected chi connectivity index (χ2v) is 9.86. The van der Waals surface area contributed by atoms with Gasteiger partial charge in [-0.25, -0.2) is 4.98 Å². The molecule has 2 N–H and O–H groups in total. The van der Waals surface area contributed by atoms with Gasteiger partial charge in [0.15, 0.2) is 4.34 Å². The molecule has 162 valence electrons. The summed E-state index contributed by atoms with van der Waals surface area (Å²) < 4.78 is 1.73. The van der Waals surface area contributed by atoms with Crippen LogP contribution in [0.2, 0.25) is 5.02 Å². The molecule has 0 spiro atoms. The van der Waals surface area contributed by atoms with Crippen LogP contribution in [0.1, 0.15) is 21.5 Å². The first-order chi connectivity index (χ1) is 15.4. The van der Waals surface area contributed by atoms with Gasteiger partial charge in [0.25, 0.3) is 5.91 Å². The average molecular weight is 482 g/mol. The van der Waals surface area contributed by atoms with Crippen molar-refractivity contribution in [2.75, 3.05) is 16.4 Å². The molecule has 0 fully saturated rings. The van der Waals surface area contributed by atoms with Gasteiger partial charge in [0, 0.05) is 11.4 Å². The van der Waals surface area contributed by atoms with E-state index in [1.807, 2.05) is 44.2 Å². The Hall–Kier alpha value is -2.87. The number of carbonyl (C=O) groups is 2. The van der Waals surface area contributed by atoms with Crippen LogP contribution in [0.3, 0.4) is 0 Å². The molecule has 1 heterocycles. The molecule has 0 saturated carbocycles. The maximum absolute atomic E-state index is 12.5. The van der Waals surface area contributed by atoms with Crippen molar-refractivity contribution in [1.82, 2.24) is 4.98 Å². The molecule has 0 aliphatic carbocycles. The average Bonchev–Trinajstić information content (AvgIpc) is 3.17. The predicted octanol–water partition coefficient (Wildman–Crippen LogP) is 6.55. The molecule has 32 heavy (non-hydrogen) atoms. The number of rotatable bonds is 6. The van der Waals surface area contributed by atoms with E-state index in [0.29, 0.717) is 16.3 Å². The van der Waals surface area contributed by atoms with Crippen molar-refractivity contribution in [2.24, 2.45) is 0 Å². The quantitative estimate of drug-likeness (QED) is 0.306. The Labute approximate surface area is 199 Å². The summed E-state index contributed by atoms with van der Waals surface area (Å²) in [7, 11) is 0. The Bertz CT molecular complexity index is 1300. The van der Waals surface area contributed by atoms with Crippen LogP contribution in [0.15, 0.2) is 65.0 Å². The number of aromatic nitrogens is 1. The first-order valence-electron chi connectivity index (χ1n) is 9.86. The summed E-state index contributed by atoms with van der Waals surface area (Å²) in [5, 5.41) is 6.27. The third-order valence-corrected chi connectivity index (χ3v) is 7.31. The van der Waals surface area contributed by atoms with E-state index in [1.54, 1.807) is 30.3 Å². The number of anilines is 2. The number of para-hydroxylation sites is 1. The van der Waals surface area contributed by atoms with Gasteiger partial charge in [-0.2, -0.15) is 0 Å². The number of nitrogens with zero attached hydrogens (tertiary/aromatic N) is 1. The van der Waals surface area contributed by atoms with Crippen LogP contribution >= 0.6 is 34.7 Å². The second kappa shape index (κ2) is 9.73. The number of benzene rings is 3. The third kappa shape index (κ3) is 5.12. The van der Waals surface area contributed by atoms with Crippen molar-refractivity contribution in [3.8, 4) is 0 Å². The first-order valence-corrected chi connectivity index (χ1v) is 12.0. The molecule has 3 aromatic carbocycles. The molecular weight excluding hydrogens is 462 g/mol. The maximum atomic E-state index is 12.5. The zero-order valence-electron chi connectivity index (χ0n) is 17.4. The highest BCUT2D eigenvalue weighted by Gasteiger charge is 2.13. The van der Waals surface area contributed by atoms with Crippen LogP contribution in [0.25, 0.3) is 10.2 Å². The summed E-state index contributed by atoms with van der Waals surface area (Å²) in [5.41, 5.74) is 4.84. The van der Waals surface area contributed by atoms with Crippen LogP contribution in [-0.2, 0) is 4.79 Å². The lowest BCUT2D eigenvalue weighted by Crippen LogP contribution is -2.15. The summed E-state index contributed by atoms with van der Waals surface area (Å²) in [6.07, 6.45) is 0. The Balaban J connectivity index is 1.41. The number of aryl methyl sites for hydroxylation is 2. The summed E-state index contributed by atoms with van der Waals surface area (Å²) >= 11 is 8.99. The smallest absolute Gasteiger partial charge is 0.257 e. The molecular formula is C24H20ClN3O2S2. The fourth-order valence-corrected chi connectivity index (χ4v) is 5.33. The van der Waals surface area contributed by atoms with Crippen molar-refractivity contribution in [2.45, 2.75) is 18.2 Å². The number of thiazole rings is 1. The van der Waals surface area contributed by atoms with Gasteiger partial charge in [-0.15, -0.1) is 11.3 Å². The molecule has 0 aliphatic heterocycles. The second-order valence-electron chi connectivity index (χ2n) is 7.20. The standard InChI is InChI=1S/C24H20ClN3O2S2/c1-14-6-5-7-15(2)22(14)28-21(29)13-31-24-27-19-11-10-16(12-20(19)32-24)26-23(30)17-8-3-4-9-18(17)25/h3-12H,13H2,1-2H3,(H,26,30)(H,28,29). The minimum Gasteiger partial charge on any atom is -0.325 e. The lowest BCUT2D eigenvalue weighted by atomic mass is 10.1.